The highest BCUT2D eigenvalue weighted by molar-refractivity contribution is 7.14. The molecule has 22 heavy (non-hydrogen) atoms. The van der Waals surface area contributed by atoms with Crippen LogP contribution in [0.2, 0.25) is 0 Å². The lowest BCUT2D eigenvalue weighted by Gasteiger charge is -2.05. The van der Waals surface area contributed by atoms with E-state index in [2.05, 4.69) is 15.3 Å². The molecule has 0 fully saturated rings. The first kappa shape index (κ1) is 14.4. The van der Waals surface area contributed by atoms with E-state index in [-0.39, 0.29) is 5.91 Å². The molecule has 5 heteroatoms. The van der Waals surface area contributed by atoms with Gasteiger partial charge in [-0.25, -0.2) is 4.98 Å². The molecule has 0 unspecified atom stereocenters. The predicted molar refractivity (Wildman–Crippen MR) is 87.7 cm³/mol. The van der Waals surface area contributed by atoms with Gasteiger partial charge in [0.15, 0.2) is 0 Å². The van der Waals surface area contributed by atoms with E-state index in [0.717, 1.165) is 21.8 Å². The largest absolute Gasteiger partial charge is 0.347 e. The molecule has 1 aromatic carbocycles. The average Bonchev–Trinajstić information content (AvgIpc) is 2.96. The number of nitrogens with one attached hydrogen (secondary N) is 1. The Morgan fingerprint density at radius 2 is 1.86 bits per heavy atom. The smallest absolute Gasteiger partial charge is 0.263 e. The first-order chi connectivity index (χ1) is 10.7. The minimum Gasteiger partial charge on any atom is -0.347 e. The number of rotatable bonds is 4. The average molecular weight is 309 g/mol. The Morgan fingerprint density at radius 1 is 1.14 bits per heavy atom. The lowest BCUT2D eigenvalue weighted by Crippen LogP contribution is -2.22. The highest BCUT2D eigenvalue weighted by Crippen LogP contribution is 2.27. The summed E-state index contributed by atoms with van der Waals surface area (Å²) in [5.74, 6) is -0.0961. The molecule has 3 rings (SSSR count). The van der Waals surface area contributed by atoms with Crippen molar-refractivity contribution in [1.82, 2.24) is 15.3 Å². The summed E-state index contributed by atoms with van der Waals surface area (Å²) in [6, 6.07) is 13.5. The Kier molecular flexibility index (Phi) is 4.25. The number of nitrogens with zero attached hydrogens (tertiary/aromatic N) is 2. The van der Waals surface area contributed by atoms with Gasteiger partial charge in [-0.2, -0.15) is 0 Å². The van der Waals surface area contributed by atoms with E-state index < -0.39 is 0 Å². The molecule has 0 aliphatic carbocycles. The van der Waals surface area contributed by atoms with Gasteiger partial charge in [0, 0.05) is 24.5 Å². The summed E-state index contributed by atoms with van der Waals surface area (Å²) in [4.78, 5) is 21.6. The van der Waals surface area contributed by atoms with Gasteiger partial charge < -0.3 is 5.32 Å². The van der Waals surface area contributed by atoms with Gasteiger partial charge in [0.1, 0.15) is 4.88 Å². The Hall–Kier alpha value is -2.53. The van der Waals surface area contributed by atoms with Crippen molar-refractivity contribution in [1.29, 1.82) is 0 Å². The van der Waals surface area contributed by atoms with E-state index >= 15 is 0 Å². The molecule has 0 spiro atoms. The van der Waals surface area contributed by atoms with E-state index in [1.54, 1.807) is 12.4 Å². The van der Waals surface area contributed by atoms with Crippen LogP contribution in [0.5, 0.6) is 0 Å². The van der Waals surface area contributed by atoms with Crippen molar-refractivity contribution in [2.24, 2.45) is 0 Å². The van der Waals surface area contributed by atoms with Crippen molar-refractivity contribution >= 4 is 17.2 Å². The van der Waals surface area contributed by atoms with Crippen LogP contribution in [-0.2, 0) is 6.54 Å². The second-order valence-corrected chi connectivity index (χ2v) is 6.02. The Labute approximate surface area is 132 Å². The summed E-state index contributed by atoms with van der Waals surface area (Å²) in [7, 11) is 0. The maximum Gasteiger partial charge on any atom is 0.263 e. The molecule has 0 bridgehead atoms. The number of aryl methyl sites for hydroxylation is 1. The molecule has 1 amide bonds. The fraction of sp³-hybridized carbons (Fsp3) is 0.118. The molecular formula is C17H15N3OS. The molecule has 1 N–H and O–H groups in total. The Balaban J connectivity index is 1.81. The standard InChI is InChI=1S/C17H15N3OS/c1-12-20-15(14-5-3-2-4-6-14)16(22-12)17(21)19-11-13-7-9-18-10-8-13/h2-10H,11H2,1H3,(H,19,21). The number of hydrogen-bond acceptors (Lipinski definition) is 4. The van der Waals surface area contributed by atoms with Gasteiger partial charge in [-0.3, -0.25) is 9.78 Å². The van der Waals surface area contributed by atoms with Gasteiger partial charge in [0.2, 0.25) is 0 Å². The SMILES string of the molecule is Cc1nc(-c2ccccc2)c(C(=O)NCc2ccncc2)s1. The second-order valence-electron chi connectivity index (χ2n) is 4.81. The van der Waals surface area contributed by atoms with E-state index in [1.165, 1.54) is 11.3 Å². The zero-order valence-electron chi connectivity index (χ0n) is 12.1. The molecular weight excluding hydrogens is 294 g/mol. The van der Waals surface area contributed by atoms with Gasteiger partial charge in [-0.1, -0.05) is 30.3 Å². The molecule has 0 radical (unpaired) electrons. The third-order valence-electron chi connectivity index (χ3n) is 3.19. The van der Waals surface area contributed by atoms with Crippen molar-refractivity contribution in [2.45, 2.75) is 13.5 Å². The van der Waals surface area contributed by atoms with E-state index in [9.17, 15) is 4.79 Å². The fourth-order valence-electron chi connectivity index (χ4n) is 2.14. The maximum absolute atomic E-state index is 12.5. The summed E-state index contributed by atoms with van der Waals surface area (Å²) in [6.45, 7) is 2.39. The van der Waals surface area contributed by atoms with Gasteiger partial charge in [0.05, 0.1) is 10.7 Å². The Bertz CT molecular complexity index is 769. The lowest BCUT2D eigenvalue weighted by atomic mass is 10.1. The van der Waals surface area contributed by atoms with Crippen LogP contribution in [0.15, 0.2) is 54.9 Å². The van der Waals surface area contributed by atoms with Crippen molar-refractivity contribution in [2.75, 3.05) is 0 Å². The van der Waals surface area contributed by atoms with Crippen molar-refractivity contribution in [3.8, 4) is 11.3 Å². The summed E-state index contributed by atoms with van der Waals surface area (Å²) >= 11 is 1.42. The molecule has 0 saturated heterocycles. The first-order valence-corrected chi connectivity index (χ1v) is 7.75. The number of aromatic nitrogens is 2. The number of thiazole rings is 1. The molecule has 0 aliphatic rings. The van der Waals surface area contributed by atoms with Crippen LogP contribution in [0, 0.1) is 6.92 Å². The molecule has 0 atom stereocenters. The zero-order valence-corrected chi connectivity index (χ0v) is 12.9. The first-order valence-electron chi connectivity index (χ1n) is 6.94. The minimum atomic E-state index is -0.0961. The van der Waals surface area contributed by atoms with Gasteiger partial charge in [-0.05, 0) is 24.6 Å². The van der Waals surface area contributed by atoms with Crippen LogP contribution >= 0.6 is 11.3 Å². The quantitative estimate of drug-likeness (QED) is 0.803. The number of benzene rings is 1. The van der Waals surface area contributed by atoms with Crippen molar-refractivity contribution in [3.05, 3.63) is 70.3 Å². The topological polar surface area (TPSA) is 54.9 Å². The predicted octanol–water partition coefficient (Wildman–Crippen LogP) is 3.44. The van der Waals surface area contributed by atoms with Crippen LogP contribution in [0.1, 0.15) is 20.2 Å². The number of hydrogen-bond donors (Lipinski definition) is 1. The van der Waals surface area contributed by atoms with Crippen LogP contribution < -0.4 is 5.32 Å². The lowest BCUT2D eigenvalue weighted by molar-refractivity contribution is 0.0955. The highest BCUT2D eigenvalue weighted by Gasteiger charge is 2.17. The molecule has 4 nitrogen and oxygen atoms in total. The van der Waals surface area contributed by atoms with Gasteiger partial charge in [0.25, 0.3) is 5.91 Å². The minimum absolute atomic E-state index is 0.0961. The number of pyridine rings is 1. The normalized spacial score (nSPS) is 10.4. The molecule has 2 heterocycles. The van der Waals surface area contributed by atoms with E-state index in [0.29, 0.717) is 11.4 Å². The van der Waals surface area contributed by atoms with Gasteiger partial charge in [-0.15, -0.1) is 11.3 Å². The number of amides is 1. The summed E-state index contributed by atoms with van der Waals surface area (Å²) < 4.78 is 0. The molecule has 3 aromatic rings. The third-order valence-corrected chi connectivity index (χ3v) is 4.16. The summed E-state index contributed by atoms with van der Waals surface area (Å²) in [6.07, 6.45) is 3.43. The van der Waals surface area contributed by atoms with Crippen molar-refractivity contribution < 1.29 is 4.79 Å². The van der Waals surface area contributed by atoms with Crippen LogP contribution in [0.4, 0.5) is 0 Å². The molecule has 0 aliphatic heterocycles. The second kappa shape index (κ2) is 6.49. The Morgan fingerprint density at radius 3 is 2.59 bits per heavy atom. The zero-order chi connectivity index (χ0) is 15.4. The third kappa shape index (κ3) is 3.20. The van der Waals surface area contributed by atoms with Crippen LogP contribution in [0.3, 0.4) is 0 Å². The molecule has 0 saturated carbocycles. The molecule has 110 valence electrons. The van der Waals surface area contributed by atoms with Crippen LogP contribution in [0.25, 0.3) is 11.3 Å². The fourth-order valence-corrected chi connectivity index (χ4v) is 2.99. The summed E-state index contributed by atoms with van der Waals surface area (Å²) in [5.41, 5.74) is 2.72. The van der Waals surface area contributed by atoms with Crippen molar-refractivity contribution in [3.63, 3.8) is 0 Å². The number of carbonyl (C=O) groups is 1. The summed E-state index contributed by atoms with van der Waals surface area (Å²) in [5, 5.41) is 3.82. The monoisotopic (exact) mass is 309 g/mol. The number of carbonyl (C=O) groups excluding carboxylic acids is 1. The molecule has 2 aromatic heterocycles. The van der Waals surface area contributed by atoms with E-state index in [4.69, 9.17) is 0 Å². The van der Waals surface area contributed by atoms with Crippen LogP contribution in [-0.4, -0.2) is 15.9 Å². The maximum atomic E-state index is 12.5. The van der Waals surface area contributed by atoms with Gasteiger partial charge >= 0.3 is 0 Å². The highest BCUT2D eigenvalue weighted by atomic mass is 32.1. The van der Waals surface area contributed by atoms with E-state index in [1.807, 2.05) is 49.4 Å².